The molecule has 0 N–H and O–H groups in total. The van der Waals surface area contributed by atoms with E-state index in [-0.39, 0.29) is 29.2 Å². The maximum atomic E-state index is 13.0. The Bertz CT molecular complexity index is 799. The van der Waals surface area contributed by atoms with E-state index in [2.05, 4.69) is 23.6 Å². The Hall–Kier alpha value is -2.63. The number of nitrogens with zero attached hydrogens (tertiary/aromatic N) is 3. The van der Waals surface area contributed by atoms with Crippen LogP contribution in [0.5, 0.6) is 0 Å². The molecule has 1 spiro atoms. The first-order valence-electron chi connectivity index (χ1n) is 10.5. The van der Waals surface area contributed by atoms with Crippen LogP contribution >= 0.6 is 0 Å². The smallest absolute Gasteiger partial charge is 0.227 e. The quantitative estimate of drug-likeness (QED) is 0.718. The summed E-state index contributed by atoms with van der Waals surface area (Å²) in [6, 6.07) is 10.1. The summed E-state index contributed by atoms with van der Waals surface area (Å²) in [5.74, 6) is 0.0862. The number of rotatable bonds is 5. The predicted molar refractivity (Wildman–Crippen MR) is 110 cm³/mol. The van der Waals surface area contributed by atoms with Crippen LogP contribution in [0.1, 0.15) is 37.7 Å². The predicted octanol–water partition coefficient (Wildman–Crippen LogP) is 2.20. The third-order valence-corrected chi connectivity index (χ3v) is 6.78. The largest absolute Gasteiger partial charge is 0.342 e. The molecular weight excluding hydrogens is 366 g/mol. The molecule has 3 saturated heterocycles. The highest BCUT2D eigenvalue weighted by molar-refractivity contribution is 5.89. The summed E-state index contributed by atoms with van der Waals surface area (Å²) in [7, 11) is 0. The molecule has 1 aromatic rings. The zero-order chi connectivity index (χ0) is 20.4. The standard InChI is InChI=1S/C23H29N3O3/c1-2-12-25-17-19(15-21(25)28)22(29)24-13-10-23(11-14-24)9-8-20(27)26(23)16-18-6-4-3-5-7-18/h2-7,19H,1,8-17H2. The van der Waals surface area contributed by atoms with Crippen LogP contribution in [0.4, 0.5) is 0 Å². The highest BCUT2D eigenvalue weighted by Gasteiger charge is 2.48. The van der Waals surface area contributed by atoms with Crippen molar-refractivity contribution in [2.24, 2.45) is 5.92 Å². The summed E-state index contributed by atoms with van der Waals surface area (Å²) in [6.07, 6.45) is 5.09. The summed E-state index contributed by atoms with van der Waals surface area (Å²) in [5.41, 5.74) is 1.01. The Morgan fingerprint density at radius 3 is 2.52 bits per heavy atom. The molecule has 3 heterocycles. The summed E-state index contributed by atoms with van der Waals surface area (Å²) in [6.45, 7) is 6.63. The topological polar surface area (TPSA) is 60.9 Å². The van der Waals surface area contributed by atoms with Gasteiger partial charge in [-0.25, -0.2) is 0 Å². The minimum Gasteiger partial charge on any atom is -0.342 e. The first kappa shape index (κ1) is 19.7. The molecule has 1 aromatic carbocycles. The maximum absolute atomic E-state index is 13.0. The Balaban J connectivity index is 1.39. The van der Waals surface area contributed by atoms with Gasteiger partial charge in [-0.15, -0.1) is 6.58 Å². The van der Waals surface area contributed by atoms with Gasteiger partial charge in [0.1, 0.15) is 0 Å². The molecule has 3 amide bonds. The number of carbonyl (C=O) groups is 3. The van der Waals surface area contributed by atoms with Crippen LogP contribution in [0.3, 0.4) is 0 Å². The molecule has 3 fully saturated rings. The zero-order valence-electron chi connectivity index (χ0n) is 16.9. The van der Waals surface area contributed by atoms with Gasteiger partial charge in [-0.1, -0.05) is 36.4 Å². The van der Waals surface area contributed by atoms with E-state index in [0.717, 1.165) is 24.8 Å². The molecule has 6 heteroatoms. The molecule has 0 bridgehead atoms. The number of hydrogen-bond acceptors (Lipinski definition) is 3. The molecule has 4 rings (SSSR count). The third kappa shape index (κ3) is 3.80. The average Bonchev–Trinajstić information content (AvgIpc) is 3.25. The summed E-state index contributed by atoms with van der Waals surface area (Å²) < 4.78 is 0. The lowest BCUT2D eigenvalue weighted by atomic mass is 9.84. The van der Waals surface area contributed by atoms with Crippen molar-refractivity contribution in [1.82, 2.24) is 14.7 Å². The van der Waals surface area contributed by atoms with Gasteiger partial charge in [0.2, 0.25) is 17.7 Å². The van der Waals surface area contributed by atoms with Gasteiger partial charge in [0.25, 0.3) is 0 Å². The second-order valence-electron chi connectivity index (χ2n) is 8.50. The van der Waals surface area contributed by atoms with Gasteiger partial charge in [-0.3, -0.25) is 14.4 Å². The number of hydrogen-bond donors (Lipinski definition) is 0. The van der Waals surface area contributed by atoms with Gasteiger partial charge in [0, 0.05) is 51.1 Å². The van der Waals surface area contributed by atoms with Crippen molar-refractivity contribution < 1.29 is 14.4 Å². The minimum atomic E-state index is -0.248. The van der Waals surface area contributed by atoms with Crippen LogP contribution in [0.15, 0.2) is 43.0 Å². The summed E-state index contributed by atoms with van der Waals surface area (Å²) >= 11 is 0. The van der Waals surface area contributed by atoms with Crippen molar-refractivity contribution in [2.75, 3.05) is 26.2 Å². The van der Waals surface area contributed by atoms with Gasteiger partial charge in [-0.2, -0.15) is 0 Å². The van der Waals surface area contributed by atoms with Crippen molar-refractivity contribution in [1.29, 1.82) is 0 Å². The number of carbonyl (C=O) groups excluding carboxylic acids is 3. The van der Waals surface area contributed by atoms with Crippen LogP contribution in [-0.2, 0) is 20.9 Å². The first-order chi connectivity index (χ1) is 14.0. The van der Waals surface area contributed by atoms with Gasteiger partial charge >= 0.3 is 0 Å². The number of benzene rings is 1. The van der Waals surface area contributed by atoms with E-state index in [1.54, 1.807) is 11.0 Å². The second kappa shape index (κ2) is 8.01. The zero-order valence-corrected chi connectivity index (χ0v) is 16.9. The lowest BCUT2D eigenvalue weighted by Gasteiger charge is -2.45. The van der Waals surface area contributed by atoms with Gasteiger partial charge in [0.05, 0.1) is 5.92 Å². The summed E-state index contributed by atoms with van der Waals surface area (Å²) in [5, 5.41) is 0. The monoisotopic (exact) mass is 395 g/mol. The van der Waals surface area contributed by atoms with Crippen LogP contribution < -0.4 is 0 Å². The molecule has 0 saturated carbocycles. The molecular formula is C23H29N3O3. The lowest BCUT2D eigenvalue weighted by molar-refractivity contribution is -0.140. The molecule has 154 valence electrons. The van der Waals surface area contributed by atoms with Crippen LogP contribution in [0, 0.1) is 5.92 Å². The number of amides is 3. The van der Waals surface area contributed by atoms with E-state index in [1.807, 2.05) is 23.1 Å². The first-order valence-corrected chi connectivity index (χ1v) is 10.5. The van der Waals surface area contributed by atoms with Crippen molar-refractivity contribution >= 4 is 17.7 Å². The van der Waals surface area contributed by atoms with Gasteiger partial charge < -0.3 is 14.7 Å². The molecule has 0 aliphatic carbocycles. The molecule has 1 unspecified atom stereocenters. The van der Waals surface area contributed by atoms with Crippen LogP contribution in [-0.4, -0.2) is 64.1 Å². The lowest BCUT2D eigenvalue weighted by Crippen LogP contribution is -2.54. The molecule has 3 aliphatic heterocycles. The van der Waals surface area contributed by atoms with Crippen LogP contribution in [0.2, 0.25) is 0 Å². The molecule has 6 nitrogen and oxygen atoms in total. The highest BCUT2D eigenvalue weighted by atomic mass is 16.2. The fourth-order valence-corrected chi connectivity index (χ4v) is 5.09. The molecule has 1 atom stereocenters. The van der Waals surface area contributed by atoms with Crippen molar-refractivity contribution in [3.63, 3.8) is 0 Å². The summed E-state index contributed by atoms with van der Waals surface area (Å²) in [4.78, 5) is 43.3. The van der Waals surface area contributed by atoms with E-state index < -0.39 is 0 Å². The Kier molecular flexibility index (Phi) is 5.43. The van der Waals surface area contributed by atoms with E-state index >= 15 is 0 Å². The number of likely N-dealkylation sites (tertiary alicyclic amines) is 3. The van der Waals surface area contributed by atoms with Gasteiger partial charge in [0.15, 0.2) is 0 Å². The van der Waals surface area contributed by atoms with E-state index in [1.165, 1.54) is 0 Å². The van der Waals surface area contributed by atoms with Crippen molar-refractivity contribution in [2.45, 2.75) is 44.2 Å². The molecule has 0 aromatic heterocycles. The average molecular weight is 396 g/mol. The fourth-order valence-electron chi connectivity index (χ4n) is 5.09. The minimum absolute atomic E-state index is 0.0344. The molecule has 29 heavy (non-hydrogen) atoms. The Morgan fingerprint density at radius 2 is 1.83 bits per heavy atom. The number of piperidine rings is 1. The van der Waals surface area contributed by atoms with Gasteiger partial charge in [-0.05, 0) is 24.8 Å². The van der Waals surface area contributed by atoms with E-state index in [0.29, 0.717) is 45.6 Å². The molecule has 0 radical (unpaired) electrons. The van der Waals surface area contributed by atoms with E-state index in [4.69, 9.17) is 0 Å². The molecule has 3 aliphatic rings. The SMILES string of the molecule is C=CCN1CC(C(=O)N2CCC3(CCC(=O)N3Cc3ccccc3)CC2)CC1=O. The fraction of sp³-hybridized carbons (Fsp3) is 0.522. The van der Waals surface area contributed by atoms with Crippen molar-refractivity contribution in [3.05, 3.63) is 48.6 Å². The second-order valence-corrected chi connectivity index (χ2v) is 8.50. The van der Waals surface area contributed by atoms with Crippen LogP contribution in [0.25, 0.3) is 0 Å². The maximum Gasteiger partial charge on any atom is 0.227 e. The Morgan fingerprint density at radius 1 is 1.10 bits per heavy atom. The Labute approximate surface area is 172 Å². The van der Waals surface area contributed by atoms with E-state index in [9.17, 15) is 14.4 Å². The normalized spacial score (nSPS) is 23.9. The highest BCUT2D eigenvalue weighted by Crippen LogP contribution is 2.40. The third-order valence-electron chi connectivity index (χ3n) is 6.78. The van der Waals surface area contributed by atoms with Crippen molar-refractivity contribution in [3.8, 4) is 0 Å².